The predicted molar refractivity (Wildman–Crippen MR) is 68.8 cm³/mol. The van der Waals surface area contributed by atoms with Crippen LogP contribution in [0.2, 0.25) is 0 Å². The fourth-order valence-electron chi connectivity index (χ4n) is 1.80. The number of rotatable bonds is 3. The van der Waals surface area contributed by atoms with Crippen LogP contribution in [-0.4, -0.2) is 35.1 Å². The average Bonchev–Trinajstić information content (AvgIpc) is 2.35. The molecule has 0 atom stereocenters. The Kier molecular flexibility index (Phi) is 5.67. The van der Waals surface area contributed by atoms with Gasteiger partial charge in [-0.05, 0) is 29.7 Å². The van der Waals surface area contributed by atoms with Crippen molar-refractivity contribution in [3.63, 3.8) is 0 Å². The van der Waals surface area contributed by atoms with Crippen molar-refractivity contribution in [2.45, 2.75) is 4.90 Å². The second-order valence-electron chi connectivity index (χ2n) is 4.00. The van der Waals surface area contributed by atoms with Gasteiger partial charge in [-0.25, -0.2) is 9.59 Å². The third kappa shape index (κ3) is 3.89. The number of hydrogen-bond acceptors (Lipinski definition) is 4. The van der Waals surface area contributed by atoms with E-state index in [4.69, 9.17) is 14.8 Å². The van der Waals surface area contributed by atoms with Crippen LogP contribution in [0.25, 0.3) is 10.8 Å². The summed E-state index contributed by atoms with van der Waals surface area (Å²) >= 11 is 0. The summed E-state index contributed by atoms with van der Waals surface area (Å²) in [4.78, 5) is 21.2. The Balaban J connectivity index is 0.00000220. The average molecular weight is 336 g/mol. The minimum atomic E-state index is -4.63. The van der Waals surface area contributed by atoms with E-state index in [-0.39, 0.29) is 74.7 Å². The molecule has 0 spiro atoms. The number of carbonyl (C=O) groups is 2. The van der Waals surface area contributed by atoms with Gasteiger partial charge >= 0.3 is 63.3 Å². The summed E-state index contributed by atoms with van der Waals surface area (Å²) in [5.74, 6) is -2.63. The van der Waals surface area contributed by atoms with Crippen molar-refractivity contribution in [3.8, 4) is 0 Å². The smallest absolute Gasteiger partial charge is 1.00 e. The molecule has 106 valence electrons. The number of fused-ring (bicyclic) bond motifs is 1. The molecule has 0 aromatic heterocycles. The minimum Gasteiger partial charge on any atom is -1.00 e. The largest absolute Gasteiger partial charge is 1.00 e. The van der Waals surface area contributed by atoms with E-state index in [1.54, 1.807) is 0 Å². The maximum absolute atomic E-state index is 11.3. The second kappa shape index (κ2) is 6.52. The zero-order valence-corrected chi connectivity index (χ0v) is 14.7. The molecule has 0 aliphatic rings. The van der Waals surface area contributed by atoms with Crippen molar-refractivity contribution in [2.24, 2.45) is 0 Å². The number of aromatic carboxylic acids is 2. The monoisotopic (exact) mass is 336 g/mol. The molecule has 0 radical (unpaired) electrons. The van der Waals surface area contributed by atoms with Gasteiger partial charge in [-0.2, -0.15) is 8.42 Å². The molecular weight excluding hydrogens is 327 g/mol. The van der Waals surface area contributed by atoms with Crippen LogP contribution in [-0.2, 0) is 10.1 Å². The molecule has 7 nitrogen and oxygen atoms in total. The van der Waals surface area contributed by atoms with E-state index in [1.165, 1.54) is 12.1 Å². The molecule has 2 aromatic rings. The van der Waals surface area contributed by atoms with E-state index < -0.39 is 27.0 Å². The normalized spacial score (nSPS) is 10.9. The van der Waals surface area contributed by atoms with Gasteiger partial charge in [0.25, 0.3) is 10.1 Å². The van der Waals surface area contributed by atoms with Crippen LogP contribution in [0.15, 0.2) is 35.2 Å². The molecule has 0 aliphatic heterocycles. The van der Waals surface area contributed by atoms with Gasteiger partial charge in [0.15, 0.2) is 0 Å². The van der Waals surface area contributed by atoms with Crippen LogP contribution < -0.4 is 51.4 Å². The van der Waals surface area contributed by atoms with E-state index in [2.05, 4.69) is 0 Å². The molecule has 0 bridgehead atoms. The Hall–Kier alpha value is -0.814. The SMILES string of the molecule is O=C(O)c1ccc2c(S(=O)(=O)O)cc(C(=O)O)cc2c1.[H-].[K+]. The Morgan fingerprint density at radius 3 is 1.95 bits per heavy atom. The van der Waals surface area contributed by atoms with Crippen LogP contribution in [0.3, 0.4) is 0 Å². The minimum absolute atomic E-state index is 0. The number of carboxylic acids is 2. The molecule has 0 saturated heterocycles. The number of benzene rings is 2. The Morgan fingerprint density at radius 1 is 0.952 bits per heavy atom. The fraction of sp³-hybridized carbons (Fsp3) is 0. The van der Waals surface area contributed by atoms with Gasteiger partial charge in [0, 0.05) is 5.39 Å². The molecule has 3 N–H and O–H groups in total. The first kappa shape index (κ1) is 18.2. The van der Waals surface area contributed by atoms with Gasteiger partial charge in [-0.3, -0.25) is 4.55 Å². The van der Waals surface area contributed by atoms with E-state index in [0.717, 1.165) is 18.2 Å². The first-order valence-corrected chi connectivity index (χ1v) is 6.66. The van der Waals surface area contributed by atoms with Crippen LogP contribution >= 0.6 is 0 Å². The van der Waals surface area contributed by atoms with E-state index in [0.29, 0.717) is 0 Å². The molecule has 0 heterocycles. The first-order chi connectivity index (χ1) is 9.20. The summed E-state index contributed by atoms with van der Waals surface area (Å²) in [7, 11) is -4.63. The molecule has 0 amide bonds. The number of hydrogen-bond donors (Lipinski definition) is 3. The van der Waals surface area contributed by atoms with E-state index >= 15 is 0 Å². The third-order valence-electron chi connectivity index (χ3n) is 2.69. The van der Waals surface area contributed by atoms with Crippen molar-refractivity contribution >= 4 is 32.8 Å². The maximum atomic E-state index is 11.3. The number of carboxylic acid groups (broad SMARTS) is 2. The summed E-state index contributed by atoms with van der Waals surface area (Å²) < 4.78 is 31.7. The molecule has 0 saturated carbocycles. The molecule has 2 aromatic carbocycles. The van der Waals surface area contributed by atoms with Gasteiger partial charge in [-0.1, -0.05) is 6.07 Å². The van der Waals surface area contributed by atoms with Crippen molar-refractivity contribution in [1.82, 2.24) is 0 Å². The van der Waals surface area contributed by atoms with Crippen LogP contribution in [0.4, 0.5) is 0 Å². The van der Waals surface area contributed by atoms with E-state index in [1.807, 2.05) is 0 Å². The van der Waals surface area contributed by atoms with Crippen LogP contribution in [0.5, 0.6) is 0 Å². The van der Waals surface area contributed by atoms with Crippen molar-refractivity contribution in [2.75, 3.05) is 0 Å². The molecule has 0 fully saturated rings. The van der Waals surface area contributed by atoms with E-state index in [9.17, 15) is 18.0 Å². The zero-order chi connectivity index (χ0) is 15.1. The zero-order valence-electron chi connectivity index (χ0n) is 11.8. The van der Waals surface area contributed by atoms with Gasteiger partial charge in [0.05, 0.1) is 11.1 Å². The van der Waals surface area contributed by atoms with Gasteiger partial charge in [0.2, 0.25) is 0 Å². The topological polar surface area (TPSA) is 129 Å². The van der Waals surface area contributed by atoms with Crippen molar-refractivity contribution in [3.05, 3.63) is 41.5 Å². The summed E-state index contributed by atoms with van der Waals surface area (Å²) in [5.41, 5.74) is -0.492. The molecular formula is C12H9KO7S. The van der Waals surface area contributed by atoms with Crippen LogP contribution in [0.1, 0.15) is 22.1 Å². The summed E-state index contributed by atoms with van der Waals surface area (Å²) in [6.07, 6.45) is 0. The molecule has 0 aliphatic carbocycles. The molecule has 2 rings (SSSR count). The van der Waals surface area contributed by atoms with Crippen molar-refractivity contribution in [1.29, 1.82) is 0 Å². The maximum Gasteiger partial charge on any atom is 1.00 e. The molecule has 0 unspecified atom stereocenters. The quantitative estimate of drug-likeness (QED) is 0.464. The standard InChI is InChI=1S/C12H8O7S.K.H/c13-11(14)6-1-2-9-7(3-6)4-8(12(15)16)5-10(9)20(17,18)19;;/h1-5H,(H,13,14)(H,15,16)(H,17,18,19);;/q;+1;-1. The Bertz CT molecular complexity index is 843. The molecule has 9 heteroatoms. The van der Waals surface area contributed by atoms with Gasteiger partial charge < -0.3 is 11.6 Å². The summed E-state index contributed by atoms with van der Waals surface area (Å²) in [6, 6.07) is 5.46. The Labute approximate surface area is 163 Å². The summed E-state index contributed by atoms with van der Waals surface area (Å²) in [5, 5.41) is 17.9. The first-order valence-electron chi connectivity index (χ1n) is 5.22. The van der Waals surface area contributed by atoms with Crippen molar-refractivity contribution < 1.29 is 85.6 Å². The van der Waals surface area contributed by atoms with Gasteiger partial charge in [-0.15, -0.1) is 0 Å². The summed E-state index contributed by atoms with van der Waals surface area (Å²) in [6.45, 7) is 0. The second-order valence-corrected chi connectivity index (χ2v) is 5.39. The van der Waals surface area contributed by atoms with Crippen LogP contribution in [0, 0.1) is 0 Å². The fourth-order valence-corrected chi connectivity index (χ4v) is 2.54. The van der Waals surface area contributed by atoms with Gasteiger partial charge in [0.1, 0.15) is 4.90 Å². The molecule has 21 heavy (non-hydrogen) atoms. The third-order valence-corrected chi connectivity index (χ3v) is 3.58. The predicted octanol–water partition coefficient (Wildman–Crippen LogP) is -1.40. The Morgan fingerprint density at radius 2 is 1.48 bits per heavy atom.